The summed E-state index contributed by atoms with van der Waals surface area (Å²) in [6, 6.07) is 0.293. The van der Waals surface area contributed by atoms with E-state index in [4.69, 9.17) is 4.74 Å². The summed E-state index contributed by atoms with van der Waals surface area (Å²) in [6.07, 6.45) is 2.23. The summed E-state index contributed by atoms with van der Waals surface area (Å²) in [5, 5.41) is 11.6. The van der Waals surface area contributed by atoms with Gasteiger partial charge in [-0.2, -0.15) is 0 Å². The van der Waals surface area contributed by atoms with Crippen molar-refractivity contribution in [2.45, 2.75) is 25.8 Å². The summed E-state index contributed by atoms with van der Waals surface area (Å²) >= 11 is 3.47. The second-order valence-corrected chi connectivity index (χ2v) is 5.22. The Bertz CT molecular complexity index is 343. The molecule has 1 aliphatic rings. The van der Waals surface area contributed by atoms with Gasteiger partial charge in [0.1, 0.15) is 0 Å². The number of aromatic nitrogens is 3. The third-order valence-electron chi connectivity index (χ3n) is 3.20. The molecule has 1 aromatic rings. The third kappa shape index (κ3) is 3.05. The molecule has 2 atom stereocenters. The predicted octanol–water partition coefficient (Wildman–Crippen LogP) is 1.65. The van der Waals surface area contributed by atoms with Crippen molar-refractivity contribution in [2.24, 2.45) is 13.0 Å². The van der Waals surface area contributed by atoms with Crippen molar-refractivity contribution >= 4 is 15.9 Å². The second kappa shape index (κ2) is 5.93. The Kier molecular flexibility index (Phi) is 4.53. The van der Waals surface area contributed by atoms with Crippen LogP contribution in [0, 0.1) is 5.92 Å². The van der Waals surface area contributed by atoms with Gasteiger partial charge in [0.2, 0.25) is 0 Å². The van der Waals surface area contributed by atoms with Crippen LogP contribution in [0.25, 0.3) is 0 Å². The van der Waals surface area contributed by atoms with E-state index in [-0.39, 0.29) is 0 Å². The Balaban J connectivity index is 2.10. The fourth-order valence-electron chi connectivity index (χ4n) is 2.35. The zero-order valence-corrected chi connectivity index (χ0v) is 11.9. The molecule has 96 valence electrons. The molecule has 6 heteroatoms. The van der Waals surface area contributed by atoms with Gasteiger partial charge in [-0.1, -0.05) is 12.1 Å². The highest BCUT2D eigenvalue weighted by atomic mass is 79.9. The zero-order chi connectivity index (χ0) is 12.3. The van der Waals surface area contributed by atoms with E-state index in [0.29, 0.717) is 12.0 Å². The number of rotatable bonds is 5. The summed E-state index contributed by atoms with van der Waals surface area (Å²) < 4.78 is 8.11. The van der Waals surface area contributed by atoms with Crippen LogP contribution in [0.5, 0.6) is 0 Å². The van der Waals surface area contributed by atoms with Gasteiger partial charge in [0.15, 0.2) is 4.60 Å². The minimum absolute atomic E-state index is 0.293. The lowest BCUT2D eigenvalue weighted by Crippen LogP contribution is -2.26. The topological polar surface area (TPSA) is 52.0 Å². The average Bonchev–Trinajstić information content (AvgIpc) is 2.89. The molecule has 17 heavy (non-hydrogen) atoms. The summed E-state index contributed by atoms with van der Waals surface area (Å²) in [4.78, 5) is 0. The molecule has 0 amide bonds. The molecule has 0 aliphatic carbocycles. The summed E-state index contributed by atoms with van der Waals surface area (Å²) in [6.45, 7) is 4.84. The fraction of sp³-hybridized carbons (Fsp3) is 0.818. The van der Waals surface area contributed by atoms with E-state index in [2.05, 4.69) is 38.5 Å². The number of hydrogen-bond donors (Lipinski definition) is 1. The van der Waals surface area contributed by atoms with Crippen LogP contribution in [0.15, 0.2) is 4.60 Å². The highest BCUT2D eigenvalue weighted by Crippen LogP contribution is 2.29. The minimum Gasteiger partial charge on any atom is -0.381 e. The van der Waals surface area contributed by atoms with Gasteiger partial charge in [-0.05, 0) is 41.2 Å². The molecule has 1 N–H and O–H groups in total. The smallest absolute Gasteiger partial charge is 0.153 e. The van der Waals surface area contributed by atoms with Gasteiger partial charge in [0.25, 0.3) is 0 Å². The Morgan fingerprint density at radius 2 is 2.47 bits per heavy atom. The third-order valence-corrected chi connectivity index (χ3v) is 3.77. The lowest BCUT2D eigenvalue weighted by atomic mass is 9.97. The molecule has 0 bridgehead atoms. The maximum atomic E-state index is 5.44. The van der Waals surface area contributed by atoms with E-state index in [1.165, 1.54) is 0 Å². The molecule has 5 nitrogen and oxygen atoms in total. The fourth-order valence-corrected chi connectivity index (χ4v) is 2.95. The quantitative estimate of drug-likeness (QED) is 0.899. The van der Waals surface area contributed by atoms with E-state index in [1.807, 2.05) is 11.7 Å². The van der Waals surface area contributed by atoms with Crippen LogP contribution >= 0.6 is 15.9 Å². The highest BCUT2D eigenvalue weighted by molar-refractivity contribution is 9.10. The normalized spacial score (nSPS) is 21.9. The molecule has 2 unspecified atom stereocenters. The van der Waals surface area contributed by atoms with Gasteiger partial charge in [-0.25, -0.2) is 4.68 Å². The standard InChI is InChI=1S/C11H19BrN4O/c1-3-13-9(6-8-4-5-17-7-8)10-11(12)14-15-16(10)2/h8-9,13H,3-7H2,1-2H3. The SMILES string of the molecule is CCNC(CC1CCOC1)c1c(Br)nnn1C. The number of aryl methyl sites for hydroxylation is 1. The molecule has 0 aromatic carbocycles. The molecule has 0 saturated carbocycles. The lowest BCUT2D eigenvalue weighted by molar-refractivity contribution is 0.181. The van der Waals surface area contributed by atoms with Gasteiger partial charge in [-0.3, -0.25) is 0 Å². The molecule has 0 radical (unpaired) electrons. The average molecular weight is 303 g/mol. The Labute approximate surface area is 110 Å². The molecule has 1 fully saturated rings. The zero-order valence-electron chi connectivity index (χ0n) is 10.3. The number of ether oxygens (including phenoxy) is 1. The van der Waals surface area contributed by atoms with Crippen molar-refractivity contribution in [2.75, 3.05) is 19.8 Å². The first-order chi connectivity index (χ1) is 8.22. The van der Waals surface area contributed by atoms with Crippen molar-refractivity contribution in [1.82, 2.24) is 20.3 Å². The Morgan fingerprint density at radius 1 is 1.65 bits per heavy atom. The number of hydrogen-bond acceptors (Lipinski definition) is 4. The van der Waals surface area contributed by atoms with Gasteiger partial charge < -0.3 is 10.1 Å². The van der Waals surface area contributed by atoms with Gasteiger partial charge in [-0.15, -0.1) is 5.10 Å². The molecule has 1 aliphatic heterocycles. The van der Waals surface area contributed by atoms with Gasteiger partial charge >= 0.3 is 0 Å². The van der Waals surface area contributed by atoms with Crippen molar-refractivity contribution in [3.8, 4) is 0 Å². The molecule has 1 saturated heterocycles. The maximum Gasteiger partial charge on any atom is 0.153 e. The Morgan fingerprint density at radius 3 is 3.00 bits per heavy atom. The number of nitrogens with zero attached hydrogens (tertiary/aromatic N) is 3. The summed E-state index contributed by atoms with van der Waals surface area (Å²) in [5.74, 6) is 0.640. The van der Waals surface area contributed by atoms with Crippen LogP contribution in [0.3, 0.4) is 0 Å². The van der Waals surface area contributed by atoms with Gasteiger partial charge in [0, 0.05) is 20.3 Å². The predicted molar refractivity (Wildman–Crippen MR) is 68.7 cm³/mol. The van der Waals surface area contributed by atoms with E-state index >= 15 is 0 Å². The van der Waals surface area contributed by atoms with Crippen molar-refractivity contribution in [3.63, 3.8) is 0 Å². The van der Waals surface area contributed by atoms with Crippen molar-refractivity contribution in [1.29, 1.82) is 0 Å². The number of nitrogens with one attached hydrogen (secondary N) is 1. The second-order valence-electron chi connectivity index (χ2n) is 4.46. The first-order valence-corrected chi connectivity index (χ1v) is 6.87. The van der Waals surface area contributed by atoms with Crippen LogP contribution in [-0.4, -0.2) is 34.8 Å². The van der Waals surface area contributed by atoms with Crippen molar-refractivity contribution < 1.29 is 4.74 Å². The summed E-state index contributed by atoms with van der Waals surface area (Å²) in [7, 11) is 1.93. The van der Waals surface area contributed by atoms with Crippen LogP contribution < -0.4 is 5.32 Å². The van der Waals surface area contributed by atoms with Crippen LogP contribution in [-0.2, 0) is 11.8 Å². The van der Waals surface area contributed by atoms with E-state index < -0.39 is 0 Å². The molecule has 2 rings (SSSR count). The van der Waals surface area contributed by atoms with E-state index in [9.17, 15) is 0 Å². The largest absolute Gasteiger partial charge is 0.381 e. The highest BCUT2D eigenvalue weighted by Gasteiger charge is 2.25. The molecule has 2 heterocycles. The molecule has 1 aromatic heterocycles. The van der Waals surface area contributed by atoms with Crippen LogP contribution in [0.4, 0.5) is 0 Å². The lowest BCUT2D eigenvalue weighted by Gasteiger charge is -2.20. The van der Waals surface area contributed by atoms with Crippen molar-refractivity contribution in [3.05, 3.63) is 10.3 Å². The van der Waals surface area contributed by atoms with Gasteiger partial charge in [0.05, 0.1) is 11.7 Å². The monoisotopic (exact) mass is 302 g/mol. The first kappa shape index (κ1) is 13.0. The molecule has 0 spiro atoms. The summed E-state index contributed by atoms with van der Waals surface area (Å²) in [5.41, 5.74) is 1.12. The maximum absolute atomic E-state index is 5.44. The first-order valence-electron chi connectivity index (χ1n) is 6.08. The molecular formula is C11H19BrN4O. The minimum atomic E-state index is 0.293. The van der Waals surface area contributed by atoms with E-state index in [0.717, 1.165) is 42.9 Å². The number of halogens is 1. The van der Waals surface area contributed by atoms with Crippen LogP contribution in [0.2, 0.25) is 0 Å². The Hall–Kier alpha value is -0.460. The molecular weight excluding hydrogens is 284 g/mol. The van der Waals surface area contributed by atoms with E-state index in [1.54, 1.807) is 0 Å². The van der Waals surface area contributed by atoms with Crippen LogP contribution in [0.1, 0.15) is 31.5 Å².